The number of hydrogen-bond donors (Lipinski definition) is 1. The van der Waals surface area contributed by atoms with Gasteiger partial charge >= 0.3 is 6.18 Å². The van der Waals surface area contributed by atoms with E-state index in [1.54, 1.807) is 12.1 Å². The van der Waals surface area contributed by atoms with Crippen molar-refractivity contribution in [2.24, 2.45) is 0 Å². The summed E-state index contributed by atoms with van der Waals surface area (Å²) in [5.74, 6) is -0.533. The summed E-state index contributed by atoms with van der Waals surface area (Å²) < 4.78 is 62.4. The molecule has 0 fully saturated rings. The summed E-state index contributed by atoms with van der Waals surface area (Å²) in [5, 5.41) is 9.00. The molecule has 0 aliphatic rings. The zero-order valence-electron chi connectivity index (χ0n) is 11.8. The van der Waals surface area contributed by atoms with E-state index in [0.717, 1.165) is 0 Å². The summed E-state index contributed by atoms with van der Waals surface area (Å²) in [6.07, 6.45) is -4.59. The lowest BCUT2D eigenvalue weighted by Crippen LogP contribution is -2.43. The van der Waals surface area contributed by atoms with Crippen LogP contribution in [0.4, 0.5) is 13.2 Å². The van der Waals surface area contributed by atoms with Crippen molar-refractivity contribution in [1.82, 2.24) is 4.31 Å². The van der Waals surface area contributed by atoms with Crippen LogP contribution in [0.5, 0.6) is 0 Å². The fourth-order valence-electron chi connectivity index (χ4n) is 1.89. The largest absolute Gasteiger partial charge is 0.402 e. The van der Waals surface area contributed by atoms with Crippen LogP contribution in [0.2, 0.25) is 0 Å². The second kappa shape index (κ2) is 6.76. The third-order valence-electron chi connectivity index (χ3n) is 2.79. The molecule has 0 bridgehead atoms. The Kier molecular flexibility index (Phi) is 5.77. The first-order valence-electron chi connectivity index (χ1n) is 6.30. The van der Waals surface area contributed by atoms with E-state index in [1.807, 2.05) is 0 Å². The van der Waals surface area contributed by atoms with Gasteiger partial charge < -0.3 is 5.11 Å². The lowest BCUT2D eigenvalue weighted by atomic mass is 10.1. The van der Waals surface area contributed by atoms with Gasteiger partial charge in [-0.2, -0.15) is 17.5 Å². The topological polar surface area (TPSA) is 57.6 Å². The van der Waals surface area contributed by atoms with E-state index in [9.17, 15) is 21.6 Å². The monoisotopic (exact) mass is 325 g/mol. The molecule has 0 spiro atoms. The zero-order chi connectivity index (χ0) is 16.3. The van der Waals surface area contributed by atoms with Gasteiger partial charge in [0.25, 0.3) is 0 Å². The quantitative estimate of drug-likeness (QED) is 0.873. The summed E-state index contributed by atoms with van der Waals surface area (Å²) in [7, 11) is -4.10. The van der Waals surface area contributed by atoms with E-state index in [2.05, 4.69) is 0 Å². The van der Waals surface area contributed by atoms with E-state index >= 15 is 0 Å². The third-order valence-corrected chi connectivity index (χ3v) is 4.75. The lowest BCUT2D eigenvalue weighted by Gasteiger charge is -2.26. The minimum absolute atomic E-state index is 0.260. The molecule has 1 aromatic rings. The molecule has 0 radical (unpaired) electrons. The molecule has 0 heterocycles. The Morgan fingerprint density at radius 2 is 1.81 bits per heavy atom. The van der Waals surface area contributed by atoms with Gasteiger partial charge in [0, 0.05) is 6.04 Å². The van der Waals surface area contributed by atoms with Crippen LogP contribution in [0.1, 0.15) is 25.0 Å². The number of rotatable bonds is 6. The third kappa shape index (κ3) is 5.64. The maximum absolute atomic E-state index is 12.5. The van der Waals surface area contributed by atoms with E-state index in [0.29, 0.717) is 15.4 Å². The van der Waals surface area contributed by atoms with Crippen LogP contribution in [-0.2, 0) is 22.4 Å². The van der Waals surface area contributed by atoms with E-state index in [-0.39, 0.29) is 6.61 Å². The fourth-order valence-corrected chi connectivity index (χ4v) is 3.64. The Morgan fingerprint density at radius 1 is 1.24 bits per heavy atom. The average molecular weight is 325 g/mol. The van der Waals surface area contributed by atoms with Crippen molar-refractivity contribution in [3.05, 3.63) is 35.4 Å². The second-order valence-corrected chi connectivity index (χ2v) is 6.91. The maximum atomic E-state index is 12.5. The van der Waals surface area contributed by atoms with Gasteiger partial charge in [-0.25, -0.2) is 8.42 Å². The highest BCUT2D eigenvalue weighted by Gasteiger charge is 2.37. The lowest BCUT2D eigenvalue weighted by molar-refractivity contribution is -0.138. The van der Waals surface area contributed by atoms with Gasteiger partial charge in [0.05, 0.1) is 12.4 Å². The molecule has 120 valence electrons. The SMILES string of the molecule is CC(C)N(CC(F)(F)F)S(=O)(=O)Cc1cccc(CO)c1. The smallest absolute Gasteiger partial charge is 0.392 e. The minimum Gasteiger partial charge on any atom is -0.392 e. The molecular formula is C13H18F3NO3S. The number of sulfonamides is 1. The number of nitrogens with zero attached hydrogens (tertiary/aromatic N) is 1. The molecule has 21 heavy (non-hydrogen) atoms. The van der Waals surface area contributed by atoms with Gasteiger partial charge in [-0.15, -0.1) is 0 Å². The van der Waals surface area contributed by atoms with Crippen LogP contribution in [0.25, 0.3) is 0 Å². The first-order valence-corrected chi connectivity index (χ1v) is 7.91. The van der Waals surface area contributed by atoms with E-state index in [4.69, 9.17) is 5.11 Å². The van der Waals surface area contributed by atoms with Gasteiger partial charge in [-0.1, -0.05) is 24.3 Å². The number of benzene rings is 1. The summed E-state index contributed by atoms with van der Waals surface area (Å²) in [4.78, 5) is 0. The summed E-state index contributed by atoms with van der Waals surface area (Å²) in [5.41, 5.74) is 0.851. The number of aliphatic hydroxyl groups excluding tert-OH is 1. The van der Waals surface area contributed by atoms with Crippen molar-refractivity contribution < 1.29 is 26.7 Å². The fraction of sp³-hybridized carbons (Fsp3) is 0.538. The molecule has 0 saturated carbocycles. The van der Waals surface area contributed by atoms with Gasteiger partial charge in [0.1, 0.15) is 6.54 Å². The molecule has 0 aromatic heterocycles. The number of alkyl halides is 3. The first kappa shape index (κ1) is 17.9. The standard InChI is InChI=1S/C13H18F3NO3S/c1-10(2)17(9-13(14,15)16)21(19,20)8-12-5-3-4-11(6-12)7-18/h3-6,10,18H,7-9H2,1-2H3. The van der Waals surface area contributed by atoms with Crippen molar-refractivity contribution in [2.45, 2.75) is 38.4 Å². The Bertz CT molecular complexity index is 570. The normalized spacial score (nSPS) is 13.1. The molecule has 0 atom stereocenters. The molecule has 4 nitrogen and oxygen atoms in total. The van der Waals surface area contributed by atoms with E-state index in [1.165, 1.54) is 26.0 Å². The van der Waals surface area contributed by atoms with Crippen molar-refractivity contribution in [3.8, 4) is 0 Å². The minimum atomic E-state index is -4.59. The molecule has 1 rings (SSSR count). The highest BCUT2D eigenvalue weighted by atomic mass is 32.2. The van der Waals surface area contributed by atoms with Crippen LogP contribution >= 0.6 is 0 Å². The van der Waals surface area contributed by atoms with Gasteiger partial charge in [0.15, 0.2) is 0 Å². The predicted molar refractivity (Wildman–Crippen MR) is 72.9 cm³/mol. The summed E-state index contributed by atoms with van der Waals surface area (Å²) in [6, 6.07) is 5.33. The average Bonchev–Trinajstić information content (AvgIpc) is 2.34. The molecule has 0 amide bonds. The summed E-state index contributed by atoms with van der Waals surface area (Å²) >= 11 is 0. The molecule has 0 saturated heterocycles. The van der Waals surface area contributed by atoms with E-state index < -0.39 is 34.5 Å². The van der Waals surface area contributed by atoms with Crippen molar-refractivity contribution in [2.75, 3.05) is 6.54 Å². The molecular weight excluding hydrogens is 307 g/mol. The number of hydrogen-bond acceptors (Lipinski definition) is 3. The Hall–Kier alpha value is -1.12. The Morgan fingerprint density at radius 3 is 2.29 bits per heavy atom. The molecule has 0 aliphatic carbocycles. The molecule has 1 N–H and O–H groups in total. The Labute approximate surface area is 122 Å². The highest BCUT2D eigenvalue weighted by Crippen LogP contribution is 2.22. The zero-order valence-corrected chi connectivity index (χ0v) is 12.6. The van der Waals surface area contributed by atoms with Crippen LogP contribution in [-0.4, -0.2) is 36.6 Å². The van der Waals surface area contributed by atoms with Gasteiger partial charge in [-0.05, 0) is 25.0 Å². The molecule has 8 heteroatoms. The van der Waals surface area contributed by atoms with Crippen molar-refractivity contribution >= 4 is 10.0 Å². The van der Waals surface area contributed by atoms with Gasteiger partial charge in [-0.3, -0.25) is 0 Å². The van der Waals surface area contributed by atoms with Crippen LogP contribution < -0.4 is 0 Å². The first-order chi connectivity index (χ1) is 9.55. The maximum Gasteiger partial charge on any atom is 0.402 e. The second-order valence-electron chi connectivity index (χ2n) is 4.99. The highest BCUT2D eigenvalue weighted by molar-refractivity contribution is 7.88. The Balaban J connectivity index is 3.01. The number of aliphatic hydroxyl groups is 1. The van der Waals surface area contributed by atoms with Crippen LogP contribution in [0.15, 0.2) is 24.3 Å². The van der Waals surface area contributed by atoms with Crippen LogP contribution in [0.3, 0.4) is 0 Å². The van der Waals surface area contributed by atoms with Crippen molar-refractivity contribution in [1.29, 1.82) is 0 Å². The molecule has 0 aliphatic heterocycles. The molecule has 1 aromatic carbocycles. The van der Waals surface area contributed by atoms with Crippen molar-refractivity contribution in [3.63, 3.8) is 0 Å². The summed E-state index contributed by atoms with van der Waals surface area (Å²) in [6.45, 7) is 1.03. The van der Waals surface area contributed by atoms with Crippen LogP contribution in [0, 0.1) is 0 Å². The number of halogens is 3. The molecule has 0 unspecified atom stereocenters. The predicted octanol–water partition coefficient (Wildman–Crippen LogP) is 2.28. The van der Waals surface area contributed by atoms with Gasteiger partial charge in [0.2, 0.25) is 10.0 Å².